The Morgan fingerprint density at radius 1 is 0.463 bits per heavy atom. The van der Waals surface area contributed by atoms with Gasteiger partial charge in [-0.25, -0.2) is 0 Å². The molecule has 6 nitrogen and oxygen atoms in total. The average Bonchev–Trinajstić information content (AvgIpc) is 3.72. The predicted octanol–water partition coefficient (Wildman–Crippen LogP) is 11.0. The van der Waals surface area contributed by atoms with Gasteiger partial charge in [0.2, 0.25) is 11.9 Å². The number of fused-ring (bicyclic) bond motifs is 6. The molecule has 5 atom stereocenters. The van der Waals surface area contributed by atoms with Crippen LogP contribution in [0.5, 0.6) is 0 Å². The highest BCUT2D eigenvalue weighted by molar-refractivity contribution is 6.11. The molecule has 5 unspecified atom stereocenters. The number of hydrogen-bond acceptors (Lipinski definition) is 4. The van der Waals surface area contributed by atoms with Gasteiger partial charge in [-0.1, -0.05) is 103 Å². The lowest BCUT2D eigenvalue weighted by Crippen LogP contribution is -2.68. The van der Waals surface area contributed by atoms with E-state index in [9.17, 15) is 0 Å². The molecule has 260 valence electrons. The summed E-state index contributed by atoms with van der Waals surface area (Å²) in [5, 5.41) is 4.69. The lowest BCUT2D eigenvalue weighted by molar-refractivity contribution is -0.0823. The number of benzene rings is 6. The summed E-state index contributed by atoms with van der Waals surface area (Å²) >= 11 is 0. The second-order valence-corrected chi connectivity index (χ2v) is 15.8. The summed E-state index contributed by atoms with van der Waals surface area (Å²) in [6.45, 7) is 2.42. The molecule has 12 rings (SSSR count). The monoisotopic (exact) mass is 698 g/mol. The van der Waals surface area contributed by atoms with Crippen molar-refractivity contribution in [2.45, 2.75) is 38.3 Å². The lowest BCUT2D eigenvalue weighted by Gasteiger charge is -2.67. The van der Waals surface area contributed by atoms with Gasteiger partial charge in [-0.05, 0) is 97.5 Å². The highest BCUT2D eigenvalue weighted by Crippen LogP contribution is 2.61. The Balaban J connectivity index is 1.10. The highest BCUT2D eigenvalue weighted by atomic mass is 15.3. The quantitative estimate of drug-likeness (QED) is 0.180. The predicted molar refractivity (Wildman–Crippen MR) is 219 cm³/mol. The number of rotatable bonds is 5. The third-order valence-corrected chi connectivity index (χ3v) is 12.9. The Labute approximate surface area is 313 Å². The van der Waals surface area contributed by atoms with Crippen molar-refractivity contribution in [2.24, 2.45) is 17.8 Å². The first kappa shape index (κ1) is 30.2. The van der Waals surface area contributed by atoms with E-state index in [0.29, 0.717) is 29.8 Å². The molecular formula is C48H38N6. The van der Waals surface area contributed by atoms with Crippen LogP contribution in [-0.2, 0) is 0 Å². The molecule has 6 aromatic carbocycles. The third kappa shape index (κ3) is 4.31. The van der Waals surface area contributed by atoms with Crippen LogP contribution in [0.4, 0.5) is 5.69 Å². The summed E-state index contributed by atoms with van der Waals surface area (Å²) in [5.74, 6) is 4.60. The molecule has 3 aliphatic rings. The number of anilines is 1. The fraction of sp³-hybridized carbons (Fsp3) is 0.188. The molecule has 0 bridgehead atoms. The van der Waals surface area contributed by atoms with Crippen molar-refractivity contribution in [3.05, 3.63) is 146 Å². The molecule has 0 spiro atoms. The van der Waals surface area contributed by atoms with Crippen LogP contribution >= 0.6 is 0 Å². The zero-order chi connectivity index (χ0) is 35.5. The largest absolute Gasteiger partial charge is 0.366 e. The maximum atomic E-state index is 5.39. The molecule has 1 saturated heterocycles. The van der Waals surface area contributed by atoms with Gasteiger partial charge >= 0.3 is 0 Å². The van der Waals surface area contributed by atoms with E-state index in [0.717, 1.165) is 45.4 Å². The minimum Gasteiger partial charge on any atom is -0.366 e. The fourth-order valence-electron chi connectivity index (χ4n) is 10.5. The van der Waals surface area contributed by atoms with E-state index in [1.54, 1.807) is 0 Å². The van der Waals surface area contributed by atoms with Gasteiger partial charge in [-0.3, -0.25) is 9.13 Å². The van der Waals surface area contributed by atoms with E-state index in [1.165, 1.54) is 57.6 Å². The molecule has 2 saturated carbocycles. The van der Waals surface area contributed by atoms with E-state index >= 15 is 0 Å². The second-order valence-electron chi connectivity index (χ2n) is 15.8. The molecule has 4 heterocycles. The molecule has 1 aliphatic heterocycles. The summed E-state index contributed by atoms with van der Waals surface area (Å²) in [7, 11) is 0. The zero-order valence-corrected chi connectivity index (χ0v) is 30.0. The summed E-state index contributed by atoms with van der Waals surface area (Å²) in [6, 6.07) is 53.2. The Bertz CT molecular complexity index is 2890. The van der Waals surface area contributed by atoms with E-state index in [2.05, 4.69) is 167 Å². The lowest BCUT2D eigenvalue weighted by atomic mass is 9.47. The van der Waals surface area contributed by atoms with Crippen LogP contribution in [0.15, 0.2) is 146 Å². The van der Waals surface area contributed by atoms with Crippen molar-refractivity contribution >= 4 is 49.3 Å². The van der Waals surface area contributed by atoms with Gasteiger partial charge in [0.15, 0.2) is 5.82 Å². The fourth-order valence-corrected chi connectivity index (χ4v) is 10.5. The number of para-hydroxylation sites is 3. The van der Waals surface area contributed by atoms with Gasteiger partial charge in [0.25, 0.3) is 0 Å². The van der Waals surface area contributed by atoms with Crippen LogP contribution in [0.2, 0.25) is 0 Å². The van der Waals surface area contributed by atoms with E-state index < -0.39 is 0 Å². The zero-order valence-electron chi connectivity index (χ0n) is 30.0. The van der Waals surface area contributed by atoms with Gasteiger partial charge in [0.05, 0.1) is 22.1 Å². The normalized spacial score (nSPS) is 21.7. The van der Waals surface area contributed by atoms with Crippen LogP contribution in [0.25, 0.3) is 78.0 Å². The van der Waals surface area contributed by atoms with Gasteiger partial charge in [0.1, 0.15) is 0 Å². The first-order chi connectivity index (χ1) is 26.7. The van der Waals surface area contributed by atoms with Crippen molar-refractivity contribution in [3.63, 3.8) is 0 Å². The van der Waals surface area contributed by atoms with Gasteiger partial charge in [0, 0.05) is 44.9 Å². The van der Waals surface area contributed by atoms with E-state index in [1.807, 2.05) is 0 Å². The molecule has 6 heteroatoms. The molecule has 54 heavy (non-hydrogen) atoms. The minimum atomic E-state index is 0.521. The van der Waals surface area contributed by atoms with Crippen LogP contribution in [0, 0.1) is 17.8 Å². The van der Waals surface area contributed by atoms with Gasteiger partial charge in [-0.2, -0.15) is 15.0 Å². The van der Waals surface area contributed by atoms with Crippen molar-refractivity contribution in [2.75, 3.05) is 4.90 Å². The van der Waals surface area contributed by atoms with E-state index in [4.69, 9.17) is 15.0 Å². The highest BCUT2D eigenvalue weighted by Gasteiger charge is 2.59. The molecule has 0 N–H and O–H groups in total. The first-order valence-electron chi connectivity index (χ1n) is 19.4. The van der Waals surface area contributed by atoms with Crippen molar-refractivity contribution in [3.8, 4) is 34.4 Å². The average molecular weight is 699 g/mol. The maximum absolute atomic E-state index is 5.39. The van der Waals surface area contributed by atoms with Crippen LogP contribution in [-0.4, -0.2) is 36.2 Å². The summed E-state index contributed by atoms with van der Waals surface area (Å²) in [5.41, 5.74) is 8.93. The van der Waals surface area contributed by atoms with Crippen molar-refractivity contribution < 1.29 is 0 Å². The summed E-state index contributed by atoms with van der Waals surface area (Å²) < 4.78 is 4.44. The van der Waals surface area contributed by atoms with Crippen LogP contribution < -0.4 is 4.90 Å². The number of hydrogen-bond donors (Lipinski definition) is 0. The van der Waals surface area contributed by atoms with Gasteiger partial charge in [-0.15, -0.1) is 0 Å². The second kappa shape index (κ2) is 11.4. The maximum Gasteiger partial charge on any atom is 0.240 e. The first-order valence-corrected chi connectivity index (χ1v) is 19.4. The molecule has 3 fully saturated rings. The molecule has 2 aliphatic carbocycles. The minimum absolute atomic E-state index is 0.521. The molecule has 0 radical (unpaired) electrons. The Hall–Kier alpha value is -6.27. The van der Waals surface area contributed by atoms with Crippen LogP contribution in [0.1, 0.15) is 26.2 Å². The number of nitrogens with zero attached hydrogens (tertiary/aromatic N) is 6. The topological polar surface area (TPSA) is 51.8 Å². The smallest absolute Gasteiger partial charge is 0.240 e. The molecule has 3 aromatic heterocycles. The van der Waals surface area contributed by atoms with Gasteiger partial charge < -0.3 is 4.90 Å². The third-order valence-electron chi connectivity index (χ3n) is 12.9. The SMILES string of the molecule is CC1CC2CC3CC(C23)N1c1cccc(-c2nc(-n3c4ccccc4c4ccccc43)nc(-n3c4ccccc4c4cc(-c5ccccc5)ccc43)n2)c1. The number of piperidine rings is 1. The Morgan fingerprint density at radius 2 is 1.04 bits per heavy atom. The van der Waals surface area contributed by atoms with E-state index in [-0.39, 0.29) is 0 Å². The number of aromatic nitrogens is 5. The summed E-state index contributed by atoms with van der Waals surface area (Å²) in [4.78, 5) is 18.8. The van der Waals surface area contributed by atoms with Crippen molar-refractivity contribution in [1.29, 1.82) is 0 Å². The summed E-state index contributed by atoms with van der Waals surface area (Å²) in [6.07, 6.45) is 4.05. The Kier molecular flexibility index (Phi) is 6.36. The van der Waals surface area contributed by atoms with Crippen LogP contribution in [0.3, 0.4) is 0 Å². The van der Waals surface area contributed by atoms with Crippen molar-refractivity contribution in [1.82, 2.24) is 24.1 Å². The Morgan fingerprint density at radius 3 is 1.70 bits per heavy atom. The molecule has 9 aromatic rings. The molecule has 0 amide bonds. The molecular weight excluding hydrogens is 661 g/mol. The standard InChI is InChI=1S/C48H38N6/c1-29-24-33-25-34-28-44(45(33)34)52(29)35-15-11-14-32(26-35)46-49-47(53-40-19-8-5-16-36(40)37-17-6-9-20-41(37)53)51-48(50-46)54-42-21-10-7-18-38(42)39-27-31(22-23-43(39)54)30-12-3-2-4-13-30/h2-23,26-27,29,33-34,44-45H,24-25,28H2,1H3.